The smallest absolute Gasteiger partial charge is 0.255 e. The van der Waals surface area contributed by atoms with E-state index >= 15 is 0 Å². The minimum Gasteiger partial charge on any atom is -0.380 e. The van der Waals surface area contributed by atoms with E-state index in [0.717, 1.165) is 11.3 Å². The molecule has 0 spiro atoms. The molecule has 0 saturated carbocycles. The fourth-order valence-corrected chi connectivity index (χ4v) is 2.39. The summed E-state index contributed by atoms with van der Waals surface area (Å²) in [5.41, 5.74) is 3.75. The van der Waals surface area contributed by atoms with Crippen molar-refractivity contribution >= 4 is 23.0 Å². The van der Waals surface area contributed by atoms with Crippen LogP contribution in [-0.4, -0.2) is 13.0 Å². The summed E-state index contributed by atoms with van der Waals surface area (Å²) in [5, 5.41) is 11.2. The van der Waals surface area contributed by atoms with Crippen LogP contribution in [0.15, 0.2) is 89.1 Å². The molecule has 3 aromatic rings. The number of benzene rings is 3. The SMILES string of the molecule is COCc1cccc(C(=O)Nc2ccc(N=Nc3ccccc3)cc2)c1. The van der Waals surface area contributed by atoms with Crippen molar-refractivity contribution in [3.8, 4) is 0 Å². The summed E-state index contributed by atoms with van der Waals surface area (Å²) >= 11 is 0. The minimum absolute atomic E-state index is 0.165. The largest absolute Gasteiger partial charge is 0.380 e. The summed E-state index contributed by atoms with van der Waals surface area (Å²) in [7, 11) is 1.63. The van der Waals surface area contributed by atoms with Gasteiger partial charge in [-0.15, -0.1) is 0 Å². The van der Waals surface area contributed by atoms with E-state index in [4.69, 9.17) is 4.74 Å². The summed E-state index contributed by atoms with van der Waals surface area (Å²) < 4.78 is 5.10. The average molecular weight is 345 g/mol. The lowest BCUT2D eigenvalue weighted by Gasteiger charge is -2.07. The second-order valence-electron chi connectivity index (χ2n) is 5.67. The van der Waals surface area contributed by atoms with Crippen molar-refractivity contribution < 1.29 is 9.53 Å². The molecular weight excluding hydrogens is 326 g/mol. The number of rotatable bonds is 6. The molecule has 0 fully saturated rings. The molecule has 0 aliphatic heterocycles. The van der Waals surface area contributed by atoms with Gasteiger partial charge in [-0.25, -0.2) is 0 Å². The topological polar surface area (TPSA) is 63.0 Å². The van der Waals surface area contributed by atoms with Crippen LogP contribution in [0.4, 0.5) is 17.1 Å². The van der Waals surface area contributed by atoms with Gasteiger partial charge >= 0.3 is 0 Å². The number of anilines is 1. The van der Waals surface area contributed by atoms with Crippen LogP contribution in [0, 0.1) is 0 Å². The number of methoxy groups -OCH3 is 1. The number of hydrogen-bond acceptors (Lipinski definition) is 4. The van der Waals surface area contributed by atoms with Crippen molar-refractivity contribution in [1.82, 2.24) is 0 Å². The molecule has 0 aromatic heterocycles. The first-order valence-electron chi connectivity index (χ1n) is 8.21. The van der Waals surface area contributed by atoms with Crippen LogP contribution in [0.3, 0.4) is 0 Å². The van der Waals surface area contributed by atoms with E-state index in [0.29, 0.717) is 23.5 Å². The Labute approximate surface area is 152 Å². The molecule has 0 unspecified atom stereocenters. The first kappa shape index (κ1) is 17.5. The van der Waals surface area contributed by atoms with Gasteiger partial charge in [-0.05, 0) is 54.1 Å². The standard InChI is InChI=1S/C21H19N3O2/c1-26-15-16-6-5-7-17(14-16)21(25)22-18-10-12-20(13-11-18)24-23-19-8-3-2-4-9-19/h2-14H,15H2,1H3,(H,22,25). The molecule has 0 heterocycles. The number of carbonyl (C=O) groups excluding carboxylic acids is 1. The maximum Gasteiger partial charge on any atom is 0.255 e. The number of hydrogen-bond donors (Lipinski definition) is 1. The predicted molar refractivity (Wildman–Crippen MR) is 102 cm³/mol. The minimum atomic E-state index is -0.165. The van der Waals surface area contributed by atoms with Crippen molar-refractivity contribution in [2.75, 3.05) is 12.4 Å². The van der Waals surface area contributed by atoms with Crippen molar-refractivity contribution in [2.45, 2.75) is 6.61 Å². The first-order chi connectivity index (χ1) is 12.7. The van der Waals surface area contributed by atoms with Crippen LogP contribution in [0.25, 0.3) is 0 Å². The quantitative estimate of drug-likeness (QED) is 0.600. The Kier molecular flexibility index (Phi) is 5.85. The van der Waals surface area contributed by atoms with Crippen LogP contribution < -0.4 is 5.32 Å². The zero-order valence-electron chi connectivity index (χ0n) is 14.4. The monoisotopic (exact) mass is 345 g/mol. The van der Waals surface area contributed by atoms with E-state index in [1.54, 1.807) is 25.3 Å². The number of nitrogens with zero attached hydrogens (tertiary/aromatic N) is 2. The lowest BCUT2D eigenvalue weighted by atomic mass is 10.1. The second-order valence-corrected chi connectivity index (χ2v) is 5.67. The maximum absolute atomic E-state index is 12.4. The molecule has 0 bridgehead atoms. The molecule has 26 heavy (non-hydrogen) atoms. The highest BCUT2D eigenvalue weighted by Gasteiger charge is 2.07. The molecule has 1 amide bonds. The van der Waals surface area contributed by atoms with Gasteiger partial charge in [0.25, 0.3) is 5.91 Å². The van der Waals surface area contributed by atoms with Gasteiger partial charge in [0, 0.05) is 18.4 Å². The summed E-state index contributed by atoms with van der Waals surface area (Å²) in [5.74, 6) is -0.165. The molecule has 0 aliphatic carbocycles. The van der Waals surface area contributed by atoms with Gasteiger partial charge in [0.15, 0.2) is 0 Å². The lowest BCUT2D eigenvalue weighted by molar-refractivity contribution is 0.102. The Morgan fingerprint density at radius 3 is 2.27 bits per heavy atom. The first-order valence-corrected chi connectivity index (χ1v) is 8.21. The molecule has 130 valence electrons. The van der Waals surface area contributed by atoms with Crippen LogP contribution in [0.1, 0.15) is 15.9 Å². The lowest BCUT2D eigenvalue weighted by Crippen LogP contribution is -2.12. The van der Waals surface area contributed by atoms with Crippen LogP contribution >= 0.6 is 0 Å². The van der Waals surface area contributed by atoms with Crippen molar-refractivity contribution in [1.29, 1.82) is 0 Å². The van der Waals surface area contributed by atoms with Gasteiger partial charge in [0.1, 0.15) is 0 Å². The third-order valence-corrected chi connectivity index (χ3v) is 3.66. The van der Waals surface area contributed by atoms with E-state index < -0.39 is 0 Å². The Morgan fingerprint density at radius 2 is 1.58 bits per heavy atom. The molecule has 5 nitrogen and oxygen atoms in total. The Balaban J connectivity index is 1.64. The molecule has 0 saturated heterocycles. The summed E-state index contributed by atoms with van der Waals surface area (Å²) in [6, 6.07) is 24.1. The van der Waals surface area contributed by atoms with Crippen molar-refractivity contribution in [3.05, 3.63) is 90.0 Å². The van der Waals surface area contributed by atoms with Crippen molar-refractivity contribution in [3.63, 3.8) is 0 Å². The fraction of sp³-hybridized carbons (Fsp3) is 0.0952. The number of nitrogens with one attached hydrogen (secondary N) is 1. The highest BCUT2D eigenvalue weighted by molar-refractivity contribution is 6.04. The van der Waals surface area contributed by atoms with E-state index in [1.165, 1.54) is 0 Å². The van der Waals surface area contributed by atoms with Gasteiger partial charge in [-0.3, -0.25) is 4.79 Å². The van der Waals surface area contributed by atoms with Crippen LogP contribution in [0.2, 0.25) is 0 Å². The Bertz CT molecular complexity index is 891. The number of amides is 1. The van der Waals surface area contributed by atoms with E-state index in [-0.39, 0.29) is 5.91 Å². The third-order valence-electron chi connectivity index (χ3n) is 3.66. The van der Waals surface area contributed by atoms with Gasteiger partial charge in [-0.2, -0.15) is 10.2 Å². The maximum atomic E-state index is 12.4. The zero-order chi connectivity index (χ0) is 18.2. The number of ether oxygens (including phenoxy) is 1. The van der Waals surface area contributed by atoms with E-state index in [1.807, 2.05) is 60.7 Å². The van der Waals surface area contributed by atoms with Gasteiger partial charge in [0.2, 0.25) is 0 Å². The molecule has 5 heteroatoms. The summed E-state index contributed by atoms with van der Waals surface area (Å²) in [6.07, 6.45) is 0. The average Bonchev–Trinajstić information content (AvgIpc) is 2.69. The molecule has 3 rings (SSSR count). The molecule has 0 radical (unpaired) electrons. The van der Waals surface area contributed by atoms with Gasteiger partial charge < -0.3 is 10.1 Å². The Hall–Kier alpha value is -3.31. The highest BCUT2D eigenvalue weighted by Crippen LogP contribution is 2.20. The number of carbonyl (C=O) groups is 1. The summed E-state index contributed by atoms with van der Waals surface area (Å²) in [4.78, 5) is 12.4. The zero-order valence-corrected chi connectivity index (χ0v) is 14.4. The highest BCUT2D eigenvalue weighted by atomic mass is 16.5. The Morgan fingerprint density at radius 1 is 0.885 bits per heavy atom. The van der Waals surface area contributed by atoms with Crippen LogP contribution in [0.5, 0.6) is 0 Å². The van der Waals surface area contributed by atoms with E-state index in [2.05, 4.69) is 15.5 Å². The predicted octanol–water partition coefficient (Wildman–Crippen LogP) is 5.50. The molecule has 3 aromatic carbocycles. The molecule has 0 aliphatic rings. The fourth-order valence-electron chi connectivity index (χ4n) is 2.39. The third kappa shape index (κ3) is 4.84. The van der Waals surface area contributed by atoms with Crippen molar-refractivity contribution in [2.24, 2.45) is 10.2 Å². The molecule has 0 atom stereocenters. The second kappa shape index (κ2) is 8.69. The number of azo groups is 1. The van der Waals surface area contributed by atoms with Gasteiger partial charge in [-0.1, -0.05) is 30.3 Å². The van der Waals surface area contributed by atoms with Crippen LogP contribution in [-0.2, 0) is 11.3 Å². The summed E-state index contributed by atoms with van der Waals surface area (Å²) in [6.45, 7) is 0.474. The van der Waals surface area contributed by atoms with E-state index in [9.17, 15) is 4.79 Å². The molecular formula is C21H19N3O2. The molecule has 1 N–H and O–H groups in total. The van der Waals surface area contributed by atoms with Gasteiger partial charge in [0.05, 0.1) is 18.0 Å². The normalized spacial score (nSPS) is 10.8.